The average Bonchev–Trinajstić information content (AvgIpc) is 3.02. The molecule has 1 fully saturated rings. The first-order chi connectivity index (χ1) is 19.9. The summed E-state index contributed by atoms with van der Waals surface area (Å²) in [5.74, 6) is 10.1. The minimum absolute atomic E-state index is 0. The number of nitrogens with two attached hydrogens (primary N) is 1. The van der Waals surface area contributed by atoms with Gasteiger partial charge in [-0.3, -0.25) is 30.0 Å². The maximum atomic E-state index is 13.1. The van der Waals surface area contributed by atoms with Crippen LogP contribution in [0.1, 0.15) is 51.1 Å². The van der Waals surface area contributed by atoms with Gasteiger partial charge in [0.2, 0.25) is 0 Å². The normalized spacial score (nSPS) is 14.3. The van der Waals surface area contributed by atoms with Crippen molar-refractivity contribution in [2.75, 3.05) is 6.54 Å². The second kappa shape index (κ2) is 13.4. The number of hydroxylamine groups is 1. The Bertz CT molecular complexity index is 1720. The molecule has 0 unspecified atom stereocenters. The van der Waals surface area contributed by atoms with Gasteiger partial charge in [-0.15, -0.1) is 12.4 Å². The largest absolute Gasteiger partial charge is 0.327 e. The van der Waals surface area contributed by atoms with Gasteiger partial charge in [-0.2, -0.15) is 0 Å². The number of nitrogens with one attached hydrogen (secondary N) is 2. The van der Waals surface area contributed by atoms with E-state index in [0.29, 0.717) is 51.3 Å². The molecular formula is C30H26Cl2N6O4. The number of benzene rings is 2. The highest BCUT2D eigenvalue weighted by Crippen LogP contribution is 2.26. The van der Waals surface area contributed by atoms with E-state index >= 15 is 0 Å². The second-order valence-corrected chi connectivity index (χ2v) is 9.84. The Hall–Kier alpha value is -4.53. The molecule has 0 bridgehead atoms. The molecule has 1 atom stereocenters. The van der Waals surface area contributed by atoms with Crippen LogP contribution in [0.25, 0.3) is 22.2 Å². The molecule has 214 valence electrons. The Morgan fingerprint density at radius 2 is 1.83 bits per heavy atom. The van der Waals surface area contributed by atoms with Crippen LogP contribution < -0.4 is 16.7 Å². The zero-order valence-electron chi connectivity index (χ0n) is 22.1. The number of halogens is 2. The molecule has 5 rings (SSSR count). The number of fused-ring (bicyclic) bond motifs is 1. The van der Waals surface area contributed by atoms with Crippen LogP contribution in [0.4, 0.5) is 0 Å². The first kappa shape index (κ1) is 30.4. The summed E-state index contributed by atoms with van der Waals surface area (Å²) in [4.78, 5) is 47.7. The first-order valence-electron chi connectivity index (χ1n) is 12.8. The van der Waals surface area contributed by atoms with Gasteiger partial charge in [0, 0.05) is 46.6 Å². The van der Waals surface area contributed by atoms with Crippen molar-refractivity contribution in [2.45, 2.75) is 25.3 Å². The van der Waals surface area contributed by atoms with Gasteiger partial charge >= 0.3 is 0 Å². The van der Waals surface area contributed by atoms with E-state index in [2.05, 4.69) is 27.2 Å². The Kier molecular flexibility index (Phi) is 9.72. The van der Waals surface area contributed by atoms with Gasteiger partial charge in [-0.05, 0) is 61.7 Å². The summed E-state index contributed by atoms with van der Waals surface area (Å²) in [5, 5.41) is 9.95. The standard InChI is InChI=1S/C30H25ClN6O4.ClH/c31-24-15-21(30(40)37-14-2-1-3-27(37)29(39)36-41)11-10-19(24)7-4-18-5-8-20(9-6-18)26-16-22(28(38)35-32)23-17-33-13-12-25(23)34-26;/h5-6,8-13,15-17,27,41H,1-3,14,32H2,(H,35,38)(H,36,39);1H/t27-;/m0./s1. The fraction of sp³-hybridized carbons (Fsp3) is 0.167. The predicted octanol–water partition coefficient (Wildman–Crippen LogP) is 3.88. The summed E-state index contributed by atoms with van der Waals surface area (Å²) in [5.41, 5.74) is 7.78. The van der Waals surface area contributed by atoms with Crippen LogP contribution in [0.5, 0.6) is 0 Å². The summed E-state index contributed by atoms with van der Waals surface area (Å²) in [6.07, 6.45) is 5.22. The monoisotopic (exact) mass is 604 g/mol. The third-order valence-electron chi connectivity index (χ3n) is 6.90. The Balaban J connectivity index is 0.00000405. The Labute approximate surface area is 252 Å². The van der Waals surface area contributed by atoms with Crippen molar-refractivity contribution in [1.82, 2.24) is 25.8 Å². The molecule has 2 aromatic heterocycles. The third-order valence-corrected chi connectivity index (χ3v) is 7.21. The zero-order valence-corrected chi connectivity index (χ0v) is 23.7. The maximum absolute atomic E-state index is 13.1. The fourth-order valence-electron chi connectivity index (χ4n) is 4.78. The molecule has 42 heavy (non-hydrogen) atoms. The van der Waals surface area contributed by atoms with E-state index in [1.165, 1.54) is 11.0 Å². The molecule has 0 saturated carbocycles. The number of carbonyl (C=O) groups is 3. The van der Waals surface area contributed by atoms with Crippen molar-refractivity contribution in [2.24, 2.45) is 5.84 Å². The number of amides is 3. The highest BCUT2D eigenvalue weighted by atomic mass is 35.5. The van der Waals surface area contributed by atoms with E-state index in [-0.39, 0.29) is 18.3 Å². The molecule has 0 aliphatic carbocycles. The molecule has 5 N–H and O–H groups in total. The van der Waals surface area contributed by atoms with E-state index in [1.54, 1.807) is 42.1 Å². The minimum atomic E-state index is -0.728. The van der Waals surface area contributed by atoms with Gasteiger partial charge < -0.3 is 4.90 Å². The molecule has 4 aromatic rings. The van der Waals surface area contributed by atoms with Crippen LogP contribution in [0.2, 0.25) is 5.02 Å². The Morgan fingerprint density at radius 1 is 1.05 bits per heavy atom. The van der Waals surface area contributed by atoms with E-state index < -0.39 is 17.9 Å². The summed E-state index contributed by atoms with van der Waals surface area (Å²) in [6, 6.07) is 14.9. The van der Waals surface area contributed by atoms with Crippen LogP contribution >= 0.6 is 24.0 Å². The van der Waals surface area contributed by atoms with Gasteiger partial charge in [-0.1, -0.05) is 35.6 Å². The summed E-state index contributed by atoms with van der Waals surface area (Å²) in [7, 11) is 0. The number of hydrogen-bond acceptors (Lipinski definition) is 7. The SMILES string of the molecule is Cl.NNC(=O)c1cc(-c2ccc(C#Cc3ccc(C(=O)N4CCCC[C@H]4C(=O)NO)cc3Cl)cc2)nc2ccncc12. The van der Waals surface area contributed by atoms with Crippen LogP contribution in [-0.4, -0.2) is 50.4 Å². The van der Waals surface area contributed by atoms with Crippen LogP contribution in [0.3, 0.4) is 0 Å². The lowest BCUT2D eigenvalue weighted by atomic mass is 10.00. The molecule has 1 aliphatic heterocycles. The lowest BCUT2D eigenvalue weighted by Gasteiger charge is -2.34. The molecule has 3 amide bonds. The van der Waals surface area contributed by atoms with Crippen LogP contribution in [0, 0.1) is 11.8 Å². The third kappa shape index (κ3) is 6.35. The first-order valence-corrected chi connectivity index (χ1v) is 13.2. The smallest absolute Gasteiger partial charge is 0.266 e. The van der Waals surface area contributed by atoms with Crippen molar-refractivity contribution in [1.29, 1.82) is 0 Å². The number of carbonyl (C=O) groups excluding carboxylic acids is 3. The highest BCUT2D eigenvalue weighted by molar-refractivity contribution is 6.32. The molecule has 10 nitrogen and oxygen atoms in total. The summed E-state index contributed by atoms with van der Waals surface area (Å²) >= 11 is 6.46. The van der Waals surface area contributed by atoms with Gasteiger partial charge in [0.1, 0.15) is 6.04 Å². The van der Waals surface area contributed by atoms with E-state index in [9.17, 15) is 14.4 Å². The van der Waals surface area contributed by atoms with Crippen LogP contribution in [0.15, 0.2) is 67.0 Å². The topological polar surface area (TPSA) is 151 Å². The quantitative estimate of drug-likeness (QED) is 0.0907. The number of likely N-dealkylation sites (tertiary alicyclic amines) is 1. The summed E-state index contributed by atoms with van der Waals surface area (Å²) < 4.78 is 0. The van der Waals surface area contributed by atoms with Gasteiger partial charge in [0.25, 0.3) is 17.7 Å². The van der Waals surface area contributed by atoms with Crippen LogP contribution in [-0.2, 0) is 4.79 Å². The molecule has 1 aliphatic rings. The number of aromatic nitrogens is 2. The number of hydrazine groups is 1. The van der Waals surface area contributed by atoms with Gasteiger partial charge in [0.15, 0.2) is 0 Å². The fourth-order valence-corrected chi connectivity index (χ4v) is 5.01. The lowest BCUT2D eigenvalue weighted by Crippen LogP contribution is -2.51. The molecule has 2 aromatic carbocycles. The number of rotatable bonds is 4. The van der Waals surface area contributed by atoms with Gasteiger partial charge in [-0.25, -0.2) is 16.3 Å². The number of pyridine rings is 2. The maximum Gasteiger partial charge on any atom is 0.266 e. The van der Waals surface area contributed by atoms with Crippen molar-refractivity contribution in [3.63, 3.8) is 0 Å². The van der Waals surface area contributed by atoms with Crippen molar-refractivity contribution in [3.05, 3.63) is 94.3 Å². The van der Waals surface area contributed by atoms with Crippen molar-refractivity contribution in [3.8, 4) is 23.1 Å². The second-order valence-electron chi connectivity index (χ2n) is 9.43. The summed E-state index contributed by atoms with van der Waals surface area (Å²) in [6.45, 7) is 0.416. The molecular weight excluding hydrogens is 579 g/mol. The molecule has 3 heterocycles. The van der Waals surface area contributed by atoms with E-state index in [4.69, 9.17) is 22.7 Å². The lowest BCUT2D eigenvalue weighted by molar-refractivity contribution is -0.135. The number of nitrogens with zero attached hydrogens (tertiary/aromatic N) is 3. The van der Waals surface area contributed by atoms with E-state index in [0.717, 1.165) is 24.0 Å². The number of hydrogen-bond donors (Lipinski definition) is 4. The predicted molar refractivity (Wildman–Crippen MR) is 160 cm³/mol. The van der Waals surface area contributed by atoms with E-state index in [1.807, 2.05) is 24.3 Å². The Morgan fingerprint density at radius 3 is 2.55 bits per heavy atom. The molecule has 0 spiro atoms. The number of nitrogen functional groups attached to an aromatic ring is 1. The van der Waals surface area contributed by atoms with Crippen molar-refractivity contribution >= 4 is 52.6 Å². The molecule has 12 heteroatoms. The van der Waals surface area contributed by atoms with Gasteiger partial charge in [0.05, 0.1) is 21.8 Å². The average molecular weight is 605 g/mol. The minimum Gasteiger partial charge on any atom is -0.327 e. The zero-order chi connectivity index (χ0) is 28.9. The van der Waals surface area contributed by atoms with Crippen molar-refractivity contribution < 1.29 is 19.6 Å². The molecule has 0 radical (unpaired) electrons. The highest BCUT2D eigenvalue weighted by Gasteiger charge is 2.32. The molecule has 1 saturated heterocycles. The number of piperidine rings is 1.